The molecule has 1 amide bonds. The first-order valence-corrected chi connectivity index (χ1v) is 7.50. The highest BCUT2D eigenvalue weighted by Crippen LogP contribution is 2.19. The molecule has 0 aliphatic heterocycles. The van der Waals surface area contributed by atoms with Gasteiger partial charge in [0, 0.05) is 5.56 Å². The Balaban J connectivity index is 2.26. The summed E-state index contributed by atoms with van der Waals surface area (Å²) in [5.41, 5.74) is 0.630. The van der Waals surface area contributed by atoms with Crippen molar-refractivity contribution in [2.45, 2.75) is 32.4 Å². The van der Waals surface area contributed by atoms with Gasteiger partial charge in [0.2, 0.25) is 0 Å². The standard InChI is InChI=1S/C19H21NO3/c1-19(2,3)23-18(22)20-16(14-10-6-4-7-11-14)17(21)15-12-8-5-9-13-15/h4-13,16H,1-3H3,(H,20,22). The van der Waals surface area contributed by atoms with E-state index in [0.717, 1.165) is 0 Å². The fourth-order valence-electron chi connectivity index (χ4n) is 2.14. The Bertz CT molecular complexity index is 660. The smallest absolute Gasteiger partial charge is 0.408 e. The Morgan fingerprint density at radius 3 is 1.96 bits per heavy atom. The molecule has 1 N–H and O–H groups in total. The van der Waals surface area contributed by atoms with E-state index in [9.17, 15) is 9.59 Å². The molecule has 0 aliphatic carbocycles. The topological polar surface area (TPSA) is 55.4 Å². The number of ketones is 1. The van der Waals surface area contributed by atoms with Gasteiger partial charge in [-0.1, -0.05) is 60.7 Å². The summed E-state index contributed by atoms with van der Waals surface area (Å²) in [4.78, 5) is 24.9. The molecule has 0 saturated carbocycles. The number of hydrogen-bond acceptors (Lipinski definition) is 3. The summed E-state index contributed by atoms with van der Waals surface area (Å²) in [6, 6.07) is 17.3. The summed E-state index contributed by atoms with van der Waals surface area (Å²) in [5, 5.41) is 2.68. The SMILES string of the molecule is CC(C)(C)OC(=O)NC(C(=O)c1ccccc1)c1ccccc1. The highest BCUT2D eigenvalue weighted by molar-refractivity contribution is 6.02. The number of nitrogens with one attached hydrogen (secondary N) is 1. The summed E-state index contributed by atoms with van der Waals surface area (Å²) < 4.78 is 5.27. The minimum Gasteiger partial charge on any atom is -0.444 e. The maximum Gasteiger partial charge on any atom is 0.408 e. The quantitative estimate of drug-likeness (QED) is 0.864. The van der Waals surface area contributed by atoms with Crippen molar-refractivity contribution in [3.8, 4) is 0 Å². The van der Waals surface area contributed by atoms with Gasteiger partial charge in [0.05, 0.1) is 0 Å². The van der Waals surface area contributed by atoms with E-state index >= 15 is 0 Å². The van der Waals surface area contributed by atoms with Gasteiger partial charge in [0.1, 0.15) is 11.6 Å². The molecule has 120 valence electrons. The molecule has 2 aromatic rings. The first-order valence-electron chi connectivity index (χ1n) is 7.50. The lowest BCUT2D eigenvalue weighted by atomic mass is 9.97. The van der Waals surface area contributed by atoms with Gasteiger partial charge in [-0.2, -0.15) is 0 Å². The Morgan fingerprint density at radius 1 is 0.913 bits per heavy atom. The van der Waals surface area contributed by atoms with Crippen LogP contribution in [0.5, 0.6) is 0 Å². The van der Waals surface area contributed by atoms with E-state index in [1.807, 2.05) is 36.4 Å². The van der Waals surface area contributed by atoms with Gasteiger partial charge in [0.15, 0.2) is 5.78 Å². The van der Waals surface area contributed by atoms with Crippen molar-refractivity contribution in [3.05, 3.63) is 71.8 Å². The zero-order valence-electron chi connectivity index (χ0n) is 13.6. The van der Waals surface area contributed by atoms with Crippen LogP contribution < -0.4 is 5.32 Å². The second-order valence-electron chi connectivity index (χ2n) is 6.22. The molecular weight excluding hydrogens is 290 g/mol. The van der Waals surface area contributed by atoms with Crippen LogP contribution in [0.25, 0.3) is 0 Å². The first-order chi connectivity index (χ1) is 10.9. The number of rotatable bonds is 4. The lowest BCUT2D eigenvalue weighted by Crippen LogP contribution is -2.38. The van der Waals surface area contributed by atoms with Crippen LogP contribution in [0.1, 0.15) is 42.7 Å². The van der Waals surface area contributed by atoms with Crippen LogP contribution in [0.2, 0.25) is 0 Å². The molecule has 2 rings (SSSR count). The van der Waals surface area contributed by atoms with Crippen molar-refractivity contribution < 1.29 is 14.3 Å². The first kappa shape index (κ1) is 16.7. The average Bonchev–Trinajstić information content (AvgIpc) is 2.52. The third kappa shape index (κ3) is 4.95. The van der Waals surface area contributed by atoms with Crippen molar-refractivity contribution in [2.75, 3.05) is 0 Å². The molecule has 0 spiro atoms. The van der Waals surface area contributed by atoms with Crippen molar-refractivity contribution in [2.24, 2.45) is 0 Å². The molecule has 0 aromatic heterocycles. The van der Waals surface area contributed by atoms with Crippen LogP contribution in [0, 0.1) is 0 Å². The molecule has 23 heavy (non-hydrogen) atoms. The maximum absolute atomic E-state index is 12.8. The zero-order valence-corrected chi connectivity index (χ0v) is 13.6. The van der Waals surface area contributed by atoms with Crippen molar-refractivity contribution in [3.63, 3.8) is 0 Å². The number of carbonyl (C=O) groups excluding carboxylic acids is 2. The third-order valence-corrected chi connectivity index (χ3v) is 3.11. The van der Waals surface area contributed by atoms with E-state index in [0.29, 0.717) is 11.1 Å². The van der Waals surface area contributed by atoms with Crippen LogP contribution in [0.4, 0.5) is 4.79 Å². The van der Waals surface area contributed by atoms with Gasteiger partial charge in [-0.25, -0.2) is 4.79 Å². The summed E-state index contributed by atoms with van der Waals surface area (Å²) >= 11 is 0. The van der Waals surface area contributed by atoms with Crippen LogP contribution >= 0.6 is 0 Å². The van der Waals surface area contributed by atoms with E-state index in [4.69, 9.17) is 4.74 Å². The van der Waals surface area contributed by atoms with E-state index in [1.54, 1.807) is 45.0 Å². The maximum atomic E-state index is 12.8. The highest BCUT2D eigenvalue weighted by Gasteiger charge is 2.26. The molecule has 0 heterocycles. The van der Waals surface area contributed by atoms with E-state index < -0.39 is 17.7 Å². The fraction of sp³-hybridized carbons (Fsp3) is 0.263. The van der Waals surface area contributed by atoms with Gasteiger partial charge in [0.25, 0.3) is 0 Å². The lowest BCUT2D eigenvalue weighted by molar-refractivity contribution is 0.0491. The number of alkyl carbamates (subject to hydrolysis) is 1. The Kier molecular flexibility index (Phi) is 5.16. The largest absolute Gasteiger partial charge is 0.444 e. The van der Waals surface area contributed by atoms with Crippen LogP contribution in [-0.4, -0.2) is 17.5 Å². The fourth-order valence-corrected chi connectivity index (χ4v) is 2.14. The highest BCUT2D eigenvalue weighted by atomic mass is 16.6. The zero-order chi connectivity index (χ0) is 16.9. The second kappa shape index (κ2) is 7.09. The van der Waals surface area contributed by atoms with E-state index in [2.05, 4.69) is 5.32 Å². The summed E-state index contributed by atoms with van der Waals surface area (Å²) in [6.45, 7) is 5.34. The van der Waals surface area contributed by atoms with E-state index in [1.165, 1.54) is 0 Å². The normalized spacial score (nSPS) is 12.3. The van der Waals surface area contributed by atoms with Crippen LogP contribution in [0.3, 0.4) is 0 Å². The van der Waals surface area contributed by atoms with Crippen molar-refractivity contribution in [1.82, 2.24) is 5.32 Å². The number of hydrogen-bond donors (Lipinski definition) is 1. The molecule has 0 saturated heterocycles. The lowest BCUT2D eigenvalue weighted by Gasteiger charge is -2.23. The molecule has 1 atom stereocenters. The predicted molar refractivity (Wildman–Crippen MR) is 89.3 cm³/mol. The summed E-state index contributed by atoms with van der Waals surface area (Å²) in [7, 11) is 0. The number of benzene rings is 2. The van der Waals surface area contributed by atoms with Gasteiger partial charge < -0.3 is 10.1 Å². The van der Waals surface area contributed by atoms with Gasteiger partial charge in [-0.3, -0.25) is 4.79 Å². The molecule has 2 aromatic carbocycles. The molecular formula is C19H21NO3. The second-order valence-corrected chi connectivity index (χ2v) is 6.22. The number of Topliss-reactive ketones (excluding diaryl/α,β-unsaturated/α-hetero) is 1. The monoisotopic (exact) mass is 311 g/mol. The molecule has 0 aliphatic rings. The third-order valence-electron chi connectivity index (χ3n) is 3.11. The van der Waals surface area contributed by atoms with Crippen molar-refractivity contribution >= 4 is 11.9 Å². The molecule has 0 radical (unpaired) electrons. The van der Waals surface area contributed by atoms with Gasteiger partial charge >= 0.3 is 6.09 Å². The minimum absolute atomic E-state index is 0.178. The Labute approximate surface area is 136 Å². The molecule has 0 bridgehead atoms. The number of ether oxygens (including phenoxy) is 1. The van der Waals surface area contributed by atoms with Gasteiger partial charge in [-0.15, -0.1) is 0 Å². The average molecular weight is 311 g/mol. The number of carbonyl (C=O) groups is 2. The molecule has 0 fully saturated rings. The Hall–Kier alpha value is -2.62. The van der Waals surface area contributed by atoms with Crippen molar-refractivity contribution in [1.29, 1.82) is 0 Å². The molecule has 1 unspecified atom stereocenters. The summed E-state index contributed by atoms with van der Waals surface area (Å²) in [5.74, 6) is -0.178. The van der Waals surface area contributed by atoms with Crippen LogP contribution in [0.15, 0.2) is 60.7 Å². The Morgan fingerprint density at radius 2 is 1.43 bits per heavy atom. The predicted octanol–water partition coefficient (Wildman–Crippen LogP) is 4.14. The molecule has 4 nitrogen and oxygen atoms in total. The number of amides is 1. The van der Waals surface area contributed by atoms with Crippen LogP contribution in [-0.2, 0) is 4.74 Å². The van der Waals surface area contributed by atoms with E-state index in [-0.39, 0.29) is 5.78 Å². The minimum atomic E-state index is -0.784. The summed E-state index contributed by atoms with van der Waals surface area (Å²) in [6.07, 6.45) is -0.615. The molecule has 4 heteroatoms. The van der Waals surface area contributed by atoms with Gasteiger partial charge in [-0.05, 0) is 26.3 Å².